The first kappa shape index (κ1) is 33.9. The summed E-state index contributed by atoms with van der Waals surface area (Å²) in [5.41, 5.74) is 2.31. The van der Waals surface area contributed by atoms with Crippen molar-refractivity contribution >= 4 is 28.7 Å². The average molecular weight is 646 g/mol. The summed E-state index contributed by atoms with van der Waals surface area (Å²) < 4.78 is 14.0. The fraction of sp³-hybridized carbons (Fsp3) is 0.528. The van der Waals surface area contributed by atoms with Gasteiger partial charge in [-0.05, 0) is 70.1 Å². The van der Waals surface area contributed by atoms with E-state index in [1.165, 1.54) is 0 Å². The topological polar surface area (TPSA) is 136 Å². The molecule has 5 rings (SSSR count). The molecule has 3 aromatic rings. The van der Waals surface area contributed by atoms with Gasteiger partial charge < -0.3 is 24.8 Å². The monoisotopic (exact) mass is 645 g/mol. The fourth-order valence-corrected chi connectivity index (χ4v) is 6.52. The number of allylic oxidation sites excluding steroid dienone is 2. The van der Waals surface area contributed by atoms with E-state index in [0.717, 1.165) is 35.9 Å². The van der Waals surface area contributed by atoms with E-state index in [-0.39, 0.29) is 24.2 Å². The summed E-state index contributed by atoms with van der Waals surface area (Å²) in [6, 6.07) is 6.56. The number of amides is 2. The van der Waals surface area contributed by atoms with E-state index in [2.05, 4.69) is 26.1 Å². The number of hydrogen-bond donors (Lipinski definition) is 2. The van der Waals surface area contributed by atoms with E-state index in [1.54, 1.807) is 23.7 Å². The molecule has 4 unspecified atom stereocenters. The molecule has 47 heavy (non-hydrogen) atoms. The maximum atomic E-state index is 13.8. The van der Waals surface area contributed by atoms with Gasteiger partial charge in [0.25, 0.3) is 0 Å². The van der Waals surface area contributed by atoms with Gasteiger partial charge >= 0.3 is 5.97 Å². The highest BCUT2D eigenvalue weighted by Gasteiger charge is 2.45. The van der Waals surface area contributed by atoms with E-state index in [9.17, 15) is 19.5 Å². The van der Waals surface area contributed by atoms with Crippen LogP contribution in [0.15, 0.2) is 42.6 Å². The molecule has 4 atom stereocenters. The molecule has 11 heteroatoms. The van der Waals surface area contributed by atoms with Crippen LogP contribution in [-0.2, 0) is 19.8 Å². The summed E-state index contributed by atoms with van der Waals surface area (Å²) >= 11 is 0. The quantitative estimate of drug-likeness (QED) is 0.354. The Balaban J connectivity index is 1.50. The number of carboxylic acids is 1. The predicted octanol–water partition coefficient (Wildman–Crippen LogP) is 5.36. The van der Waals surface area contributed by atoms with Crippen LogP contribution in [0.3, 0.4) is 0 Å². The Kier molecular flexibility index (Phi) is 10.2. The van der Waals surface area contributed by atoms with Gasteiger partial charge in [0, 0.05) is 42.2 Å². The number of carbonyl (C=O) groups is 3. The lowest BCUT2D eigenvalue weighted by atomic mass is 9.93. The van der Waals surface area contributed by atoms with Crippen LogP contribution in [0, 0.1) is 18.8 Å². The zero-order chi connectivity index (χ0) is 33.9. The summed E-state index contributed by atoms with van der Waals surface area (Å²) in [7, 11) is 3.39. The minimum absolute atomic E-state index is 0.124. The Hall–Kier alpha value is -4.41. The van der Waals surface area contributed by atoms with Crippen molar-refractivity contribution in [2.75, 3.05) is 20.7 Å². The van der Waals surface area contributed by atoms with Crippen LogP contribution in [0.2, 0.25) is 0 Å². The lowest BCUT2D eigenvalue weighted by Gasteiger charge is -2.25. The first-order valence-electron chi connectivity index (χ1n) is 16.5. The molecule has 0 saturated heterocycles. The third-order valence-electron chi connectivity index (χ3n) is 9.31. The van der Waals surface area contributed by atoms with Crippen molar-refractivity contribution in [1.82, 2.24) is 25.0 Å². The van der Waals surface area contributed by atoms with Crippen molar-refractivity contribution in [2.24, 2.45) is 11.8 Å². The Morgan fingerprint density at radius 3 is 2.49 bits per heavy atom. The summed E-state index contributed by atoms with van der Waals surface area (Å²) in [6.07, 6.45) is 9.46. The largest absolute Gasteiger partial charge is 0.496 e. The number of aliphatic carboxylic acids is 1. The number of pyridine rings is 1. The maximum Gasteiger partial charge on any atom is 0.326 e. The first-order chi connectivity index (χ1) is 22.4. The number of fused-ring (bicyclic) bond motifs is 2. The number of rotatable bonds is 5. The number of nitrogens with zero attached hydrogens (tertiary/aromatic N) is 4. The summed E-state index contributed by atoms with van der Waals surface area (Å²) in [5, 5.41) is 18.2. The fourth-order valence-electron chi connectivity index (χ4n) is 6.52. The Bertz CT molecular complexity index is 1660. The number of aryl methyl sites for hydroxylation is 1. The zero-order valence-corrected chi connectivity index (χ0v) is 28.3. The van der Waals surface area contributed by atoms with Gasteiger partial charge in [0.2, 0.25) is 11.8 Å². The van der Waals surface area contributed by atoms with Crippen LogP contribution >= 0.6 is 0 Å². The molecule has 3 heterocycles. The lowest BCUT2D eigenvalue weighted by molar-refractivity contribution is -0.144. The molecule has 1 saturated carbocycles. The molecule has 2 aliphatic rings. The lowest BCUT2D eigenvalue weighted by Crippen LogP contribution is -2.46. The third-order valence-corrected chi connectivity index (χ3v) is 9.31. The van der Waals surface area contributed by atoms with E-state index in [4.69, 9.17) is 19.6 Å². The van der Waals surface area contributed by atoms with Crippen molar-refractivity contribution in [3.63, 3.8) is 0 Å². The zero-order valence-electron chi connectivity index (χ0n) is 28.3. The number of methoxy groups -OCH3 is 1. The second-order valence-corrected chi connectivity index (χ2v) is 13.8. The molecule has 1 aliphatic carbocycles. The Morgan fingerprint density at radius 1 is 1.04 bits per heavy atom. The van der Waals surface area contributed by atoms with Crippen LogP contribution < -0.4 is 14.8 Å². The first-order valence-corrected chi connectivity index (χ1v) is 16.5. The standard InChI is InChI=1S/C36H47N5O6/c1-22-28(46-6)15-14-24-29(21-31(38-32(22)24)41-18-16-30(39-41)36(2,3)4)47-23-19-25-26(20-23)34(43)40(5)17-12-10-8-7-9-11-13-27(35(44)45)37-33(25)42/h7,9,14-16,18,21,23,25-27H,8,10-13,17,19-20H2,1-6H3,(H,37,42)(H,44,45). The predicted molar refractivity (Wildman–Crippen MR) is 179 cm³/mol. The number of aromatic nitrogens is 3. The highest BCUT2D eigenvalue weighted by Crippen LogP contribution is 2.40. The van der Waals surface area contributed by atoms with Gasteiger partial charge in [-0.15, -0.1) is 0 Å². The van der Waals surface area contributed by atoms with Gasteiger partial charge in [0.05, 0.1) is 30.2 Å². The molecule has 2 amide bonds. The minimum Gasteiger partial charge on any atom is -0.496 e. The molecular formula is C36H47N5O6. The number of carbonyl (C=O) groups excluding carboxylic acids is 2. The van der Waals surface area contributed by atoms with Gasteiger partial charge in [-0.25, -0.2) is 14.5 Å². The van der Waals surface area contributed by atoms with Crippen molar-refractivity contribution in [3.8, 4) is 17.3 Å². The maximum absolute atomic E-state index is 13.8. The van der Waals surface area contributed by atoms with Crippen LogP contribution in [0.1, 0.15) is 77.0 Å². The van der Waals surface area contributed by atoms with Gasteiger partial charge in [-0.1, -0.05) is 32.9 Å². The van der Waals surface area contributed by atoms with Gasteiger partial charge in [0.1, 0.15) is 23.6 Å². The number of hydrogen-bond acceptors (Lipinski definition) is 7. The molecule has 1 aromatic carbocycles. The second kappa shape index (κ2) is 14.1. The van der Waals surface area contributed by atoms with Crippen molar-refractivity contribution in [2.45, 2.75) is 90.2 Å². The molecule has 2 aromatic heterocycles. The Morgan fingerprint density at radius 2 is 1.79 bits per heavy atom. The third kappa shape index (κ3) is 7.60. The van der Waals surface area contributed by atoms with Crippen LogP contribution in [0.25, 0.3) is 16.7 Å². The van der Waals surface area contributed by atoms with Crippen molar-refractivity contribution in [3.05, 3.63) is 53.9 Å². The summed E-state index contributed by atoms with van der Waals surface area (Å²) in [4.78, 5) is 46.2. The molecule has 11 nitrogen and oxygen atoms in total. The van der Waals surface area contributed by atoms with Crippen LogP contribution in [0.4, 0.5) is 0 Å². The minimum atomic E-state index is -1.09. The molecule has 1 aliphatic heterocycles. The van der Waals surface area contributed by atoms with E-state index < -0.39 is 35.9 Å². The van der Waals surface area contributed by atoms with Gasteiger partial charge in [-0.2, -0.15) is 5.10 Å². The number of benzene rings is 1. The molecule has 0 radical (unpaired) electrons. The number of nitrogens with one attached hydrogen (secondary N) is 1. The smallest absolute Gasteiger partial charge is 0.326 e. The number of carboxylic acid groups (broad SMARTS) is 1. The van der Waals surface area contributed by atoms with Crippen molar-refractivity contribution < 1.29 is 29.0 Å². The van der Waals surface area contributed by atoms with Crippen LogP contribution in [0.5, 0.6) is 11.5 Å². The SMILES string of the molecule is COc1ccc2c(OC3CC4C(=O)NC(C(=O)O)CCC=CCCCCN(C)C(=O)C4C3)cc(-n3ccc(C(C)(C)C)n3)nc2c1C. The average Bonchev–Trinajstić information content (AvgIpc) is 3.69. The molecule has 1 fully saturated rings. The van der Waals surface area contributed by atoms with Gasteiger partial charge in [-0.3, -0.25) is 9.59 Å². The van der Waals surface area contributed by atoms with E-state index >= 15 is 0 Å². The summed E-state index contributed by atoms with van der Waals surface area (Å²) in [5.74, 6) is -1.19. The normalized spacial score (nSPS) is 23.1. The number of ether oxygens (including phenoxy) is 2. The molecule has 2 N–H and O–H groups in total. The van der Waals surface area contributed by atoms with Crippen LogP contribution in [-0.4, -0.2) is 75.4 Å². The van der Waals surface area contributed by atoms with E-state index in [0.29, 0.717) is 42.2 Å². The summed E-state index contributed by atoms with van der Waals surface area (Å²) in [6.45, 7) is 8.83. The Labute approximate surface area is 276 Å². The highest BCUT2D eigenvalue weighted by atomic mass is 16.5. The van der Waals surface area contributed by atoms with E-state index in [1.807, 2.05) is 49.5 Å². The highest BCUT2D eigenvalue weighted by molar-refractivity contribution is 5.91. The van der Waals surface area contributed by atoms with Crippen molar-refractivity contribution in [1.29, 1.82) is 0 Å². The van der Waals surface area contributed by atoms with Gasteiger partial charge in [0.15, 0.2) is 5.82 Å². The molecule has 0 bridgehead atoms. The molecule has 0 spiro atoms. The molecule has 252 valence electrons. The molecular weight excluding hydrogens is 598 g/mol. The second-order valence-electron chi connectivity index (χ2n) is 13.8.